The van der Waals surface area contributed by atoms with Crippen molar-refractivity contribution in [1.82, 2.24) is 0 Å². The van der Waals surface area contributed by atoms with E-state index in [-0.39, 0.29) is 19.2 Å². The van der Waals surface area contributed by atoms with Gasteiger partial charge >= 0.3 is 5.97 Å². The Balaban J connectivity index is 2.19. The molecule has 0 aromatic rings. The molecule has 1 aliphatic rings. The predicted octanol–water partition coefficient (Wildman–Crippen LogP) is 12.7. The molecule has 6 unspecified atom stereocenters. The third kappa shape index (κ3) is 34.8. The fourth-order valence-electron chi connectivity index (χ4n) is 7.93. The predicted molar refractivity (Wildman–Crippen MR) is 256 cm³/mol. The van der Waals surface area contributed by atoms with Gasteiger partial charge in [-0.05, 0) is 70.6 Å². The Morgan fingerprint density at radius 3 is 1.44 bits per heavy atom. The highest BCUT2D eigenvalue weighted by atomic mass is 16.7. The second kappa shape index (κ2) is 44.6. The van der Waals surface area contributed by atoms with Crippen LogP contribution in [0.3, 0.4) is 0 Å². The van der Waals surface area contributed by atoms with Gasteiger partial charge in [-0.25, -0.2) is 0 Å². The Labute approximate surface area is 380 Å². The summed E-state index contributed by atoms with van der Waals surface area (Å²) in [6.07, 6.45) is 47.5. The number of ether oxygens (including phenoxy) is 4. The lowest BCUT2D eigenvalue weighted by Gasteiger charge is -2.39. The van der Waals surface area contributed by atoms with Gasteiger partial charge in [0.05, 0.1) is 19.8 Å². The zero-order valence-electron chi connectivity index (χ0n) is 40.1. The maximum absolute atomic E-state index is 12.8. The van der Waals surface area contributed by atoms with Crippen LogP contribution >= 0.6 is 0 Å². The molecule has 0 amide bonds. The quantitative estimate of drug-likeness (QED) is 0.0268. The first-order valence-corrected chi connectivity index (χ1v) is 26.1. The summed E-state index contributed by atoms with van der Waals surface area (Å²) in [6, 6.07) is 0. The maximum atomic E-state index is 12.8. The molecule has 1 saturated heterocycles. The van der Waals surface area contributed by atoms with Crippen LogP contribution in [-0.4, -0.2) is 89.6 Å². The van der Waals surface area contributed by atoms with Gasteiger partial charge in [-0.1, -0.05) is 192 Å². The molecule has 0 aromatic carbocycles. The Hall–Kier alpha value is -1.59. The van der Waals surface area contributed by atoms with E-state index >= 15 is 0 Å². The van der Waals surface area contributed by atoms with E-state index in [1.807, 2.05) is 0 Å². The van der Waals surface area contributed by atoms with Crippen LogP contribution in [0.4, 0.5) is 0 Å². The number of esters is 1. The van der Waals surface area contributed by atoms with Crippen molar-refractivity contribution in [1.29, 1.82) is 0 Å². The van der Waals surface area contributed by atoms with Crippen molar-refractivity contribution in [2.24, 2.45) is 0 Å². The third-order valence-electron chi connectivity index (χ3n) is 12.0. The highest BCUT2D eigenvalue weighted by molar-refractivity contribution is 5.69. The minimum Gasteiger partial charge on any atom is -0.457 e. The number of hydrogen-bond donors (Lipinski definition) is 4. The van der Waals surface area contributed by atoms with Crippen LogP contribution in [-0.2, 0) is 23.7 Å². The maximum Gasteiger partial charge on any atom is 0.306 e. The van der Waals surface area contributed by atoms with E-state index in [4.69, 9.17) is 18.9 Å². The summed E-state index contributed by atoms with van der Waals surface area (Å²) in [7, 11) is 0. The molecule has 1 heterocycles. The van der Waals surface area contributed by atoms with Crippen molar-refractivity contribution in [3.63, 3.8) is 0 Å². The van der Waals surface area contributed by atoms with Gasteiger partial charge in [0.1, 0.15) is 30.5 Å². The first kappa shape index (κ1) is 58.4. The number of aliphatic hydroxyl groups is 4. The van der Waals surface area contributed by atoms with Crippen LogP contribution in [0, 0.1) is 0 Å². The summed E-state index contributed by atoms with van der Waals surface area (Å²) in [5, 5.41) is 40.2. The molecule has 0 radical (unpaired) electrons. The molecular weight excluding hydrogens is 781 g/mol. The van der Waals surface area contributed by atoms with Gasteiger partial charge in [0.15, 0.2) is 6.29 Å². The SMILES string of the molecule is CCCCC/C=C\C/C=C\CCCCCCCCOCC(COC1OC(CO)C(O)C(O)C1O)OC(=O)CCCCCCCCCCCCC/C=C\CCCCCCCCCC. The van der Waals surface area contributed by atoms with Crippen LogP contribution in [0.15, 0.2) is 36.5 Å². The van der Waals surface area contributed by atoms with Gasteiger partial charge in [-0.3, -0.25) is 4.79 Å². The molecular formula is C53H98O9. The van der Waals surface area contributed by atoms with Crippen LogP contribution in [0.1, 0.15) is 232 Å². The molecule has 0 saturated carbocycles. The Bertz CT molecular complexity index is 1050. The number of unbranched alkanes of at least 4 members (excludes halogenated alkanes) is 28. The van der Waals surface area contributed by atoms with Gasteiger partial charge in [0.25, 0.3) is 0 Å². The van der Waals surface area contributed by atoms with Gasteiger partial charge in [0, 0.05) is 13.0 Å². The summed E-state index contributed by atoms with van der Waals surface area (Å²) in [4.78, 5) is 12.8. The minimum absolute atomic E-state index is 0.116. The van der Waals surface area contributed by atoms with Crippen molar-refractivity contribution in [3.05, 3.63) is 36.5 Å². The number of carbonyl (C=O) groups is 1. The van der Waals surface area contributed by atoms with Crippen molar-refractivity contribution in [3.8, 4) is 0 Å². The first-order chi connectivity index (χ1) is 30.4. The second-order valence-electron chi connectivity index (χ2n) is 18.0. The number of rotatable bonds is 45. The average Bonchev–Trinajstić information content (AvgIpc) is 3.27. The molecule has 0 aromatic heterocycles. The third-order valence-corrected chi connectivity index (χ3v) is 12.0. The number of hydrogen-bond acceptors (Lipinski definition) is 9. The van der Waals surface area contributed by atoms with E-state index in [0.29, 0.717) is 13.0 Å². The lowest BCUT2D eigenvalue weighted by atomic mass is 9.99. The fraction of sp³-hybridized carbons (Fsp3) is 0.868. The van der Waals surface area contributed by atoms with Gasteiger partial charge in [-0.2, -0.15) is 0 Å². The molecule has 0 aliphatic carbocycles. The molecule has 62 heavy (non-hydrogen) atoms. The van der Waals surface area contributed by atoms with E-state index in [9.17, 15) is 25.2 Å². The van der Waals surface area contributed by atoms with Crippen LogP contribution in [0.25, 0.3) is 0 Å². The van der Waals surface area contributed by atoms with Crippen LogP contribution in [0.2, 0.25) is 0 Å². The van der Waals surface area contributed by atoms with Crippen molar-refractivity contribution >= 4 is 5.97 Å². The average molecular weight is 879 g/mol. The number of allylic oxidation sites excluding steroid dienone is 6. The summed E-state index contributed by atoms with van der Waals surface area (Å²) in [5.74, 6) is -0.316. The number of aliphatic hydroxyl groups excluding tert-OH is 4. The van der Waals surface area contributed by atoms with Crippen molar-refractivity contribution in [2.45, 2.75) is 269 Å². The van der Waals surface area contributed by atoms with E-state index in [2.05, 4.69) is 50.3 Å². The van der Waals surface area contributed by atoms with E-state index in [0.717, 1.165) is 51.4 Å². The molecule has 9 heteroatoms. The van der Waals surface area contributed by atoms with E-state index < -0.39 is 43.4 Å². The molecule has 1 fully saturated rings. The monoisotopic (exact) mass is 879 g/mol. The molecule has 6 atom stereocenters. The second-order valence-corrected chi connectivity index (χ2v) is 18.0. The summed E-state index contributed by atoms with van der Waals surface area (Å²) in [6.45, 7) is 4.54. The lowest BCUT2D eigenvalue weighted by molar-refractivity contribution is -0.305. The Morgan fingerprint density at radius 2 is 0.935 bits per heavy atom. The van der Waals surface area contributed by atoms with Gasteiger partial charge in [-0.15, -0.1) is 0 Å². The van der Waals surface area contributed by atoms with Gasteiger partial charge < -0.3 is 39.4 Å². The minimum atomic E-state index is -1.54. The summed E-state index contributed by atoms with van der Waals surface area (Å²) in [5.41, 5.74) is 0. The topological polar surface area (TPSA) is 135 Å². The Morgan fingerprint density at radius 1 is 0.516 bits per heavy atom. The highest BCUT2D eigenvalue weighted by Gasteiger charge is 2.44. The molecule has 4 N–H and O–H groups in total. The fourth-order valence-corrected chi connectivity index (χ4v) is 7.93. The smallest absolute Gasteiger partial charge is 0.306 e. The van der Waals surface area contributed by atoms with Crippen LogP contribution < -0.4 is 0 Å². The lowest BCUT2D eigenvalue weighted by Crippen LogP contribution is -2.59. The molecule has 0 spiro atoms. The zero-order chi connectivity index (χ0) is 45.0. The molecule has 9 nitrogen and oxygen atoms in total. The normalized spacial score (nSPS) is 20.0. The van der Waals surface area contributed by atoms with Crippen LogP contribution in [0.5, 0.6) is 0 Å². The standard InChI is InChI=1S/C53H98O9/c1-3-5-7-9-11-13-15-17-19-21-22-23-24-25-26-27-28-30-32-34-36-38-40-42-49(55)61-47(46-60-53-52(58)51(57)50(56)48(44-54)62-53)45-59-43-41-39-37-35-33-31-29-20-18-16-14-12-10-8-6-4-2/h12,14,18,20-22,47-48,50-54,56-58H,3-11,13,15-17,19,23-46H2,1-2H3/b14-12-,20-18-,22-21-. The first-order valence-electron chi connectivity index (χ1n) is 26.1. The van der Waals surface area contributed by atoms with Crippen molar-refractivity contribution in [2.75, 3.05) is 26.4 Å². The van der Waals surface area contributed by atoms with E-state index in [1.165, 1.54) is 161 Å². The molecule has 1 rings (SSSR count). The molecule has 1 aliphatic heterocycles. The molecule has 0 bridgehead atoms. The zero-order valence-corrected chi connectivity index (χ0v) is 40.1. The summed E-state index contributed by atoms with van der Waals surface area (Å²) >= 11 is 0. The van der Waals surface area contributed by atoms with E-state index in [1.54, 1.807) is 0 Å². The number of carbonyl (C=O) groups excluding carboxylic acids is 1. The Kier molecular flexibility index (Phi) is 42.0. The summed E-state index contributed by atoms with van der Waals surface area (Å²) < 4.78 is 22.9. The van der Waals surface area contributed by atoms with Gasteiger partial charge in [0.2, 0.25) is 0 Å². The van der Waals surface area contributed by atoms with Crippen molar-refractivity contribution < 1.29 is 44.2 Å². The largest absolute Gasteiger partial charge is 0.457 e. The highest BCUT2D eigenvalue weighted by Crippen LogP contribution is 2.23. The molecule has 364 valence electrons.